The van der Waals surface area contributed by atoms with E-state index in [-0.39, 0.29) is 16.7 Å². The summed E-state index contributed by atoms with van der Waals surface area (Å²) < 4.78 is 0. The predicted octanol–water partition coefficient (Wildman–Crippen LogP) is 4.90. The number of carbonyl (C=O) groups is 1. The average Bonchev–Trinajstić information content (AvgIpc) is 2.82. The van der Waals surface area contributed by atoms with Gasteiger partial charge in [0.25, 0.3) is 0 Å². The topological polar surface area (TPSA) is 40.9 Å². The second kappa shape index (κ2) is 4.95. The molecular weight excluding hydrogens is 282 g/mol. The fourth-order valence-corrected chi connectivity index (χ4v) is 7.18. The predicted molar refractivity (Wildman–Crippen MR) is 90.4 cm³/mol. The molecule has 124 valence electrons. The summed E-state index contributed by atoms with van der Waals surface area (Å²) in [7, 11) is 0. The molecule has 3 fully saturated rings. The molecule has 0 aliphatic heterocycles. The number of fused-ring (bicyclic) bond motifs is 5. The Morgan fingerprint density at radius 3 is 2.65 bits per heavy atom. The molecule has 4 aliphatic carbocycles. The van der Waals surface area contributed by atoms with E-state index in [0.29, 0.717) is 18.1 Å². The molecule has 0 spiro atoms. The number of hydrogen-bond donors (Lipinski definition) is 0. The van der Waals surface area contributed by atoms with Crippen molar-refractivity contribution >= 4 is 5.78 Å². The second-order valence-electron chi connectivity index (χ2n) is 9.61. The van der Waals surface area contributed by atoms with E-state index in [2.05, 4.69) is 26.8 Å². The molecule has 0 unspecified atom stereocenters. The lowest BCUT2D eigenvalue weighted by atomic mass is 9.48. The Bertz CT molecular complexity index is 610. The van der Waals surface area contributed by atoms with Gasteiger partial charge in [-0.2, -0.15) is 5.26 Å². The highest BCUT2D eigenvalue weighted by molar-refractivity contribution is 5.92. The first-order valence-corrected chi connectivity index (χ1v) is 9.50. The Balaban J connectivity index is 1.69. The highest BCUT2D eigenvalue weighted by atomic mass is 16.1. The Kier molecular flexibility index (Phi) is 3.32. The van der Waals surface area contributed by atoms with Gasteiger partial charge in [0, 0.05) is 6.42 Å². The molecule has 0 aromatic carbocycles. The van der Waals surface area contributed by atoms with Gasteiger partial charge in [0.05, 0.1) is 12.0 Å². The van der Waals surface area contributed by atoms with Crippen LogP contribution >= 0.6 is 0 Å². The number of hydrogen-bond acceptors (Lipinski definition) is 2. The van der Waals surface area contributed by atoms with Gasteiger partial charge in [0.1, 0.15) is 0 Å². The van der Waals surface area contributed by atoms with Crippen molar-refractivity contribution in [2.24, 2.45) is 40.4 Å². The third kappa shape index (κ3) is 2.08. The highest BCUT2D eigenvalue weighted by Gasteiger charge is 2.58. The van der Waals surface area contributed by atoms with E-state index >= 15 is 0 Å². The Hall–Kier alpha value is -1.10. The van der Waals surface area contributed by atoms with Gasteiger partial charge in [-0.25, -0.2) is 0 Å². The maximum atomic E-state index is 12.1. The molecule has 0 aromatic rings. The number of carbonyl (C=O) groups excluding carboxylic acids is 1. The van der Waals surface area contributed by atoms with E-state index in [1.165, 1.54) is 31.3 Å². The van der Waals surface area contributed by atoms with Crippen LogP contribution in [0.5, 0.6) is 0 Å². The minimum atomic E-state index is 0.117. The summed E-state index contributed by atoms with van der Waals surface area (Å²) in [5, 5.41) is 9.57. The minimum absolute atomic E-state index is 0.117. The van der Waals surface area contributed by atoms with Gasteiger partial charge >= 0.3 is 0 Å². The fourth-order valence-electron chi connectivity index (χ4n) is 7.18. The van der Waals surface area contributed by atoms with E-state index in [0.717, 1.165) is 30.6 Å². The molecule has 0 N–H and O–H groups in total. The molecule has 4 aliphatic rings. The van der Waals surface area contributed by atoms with Gasteiger partial charge in [0.2, 0.25) is 0 Å². The monoisotopic (exact) mass is 311 g/mol. The SMILES string of the molecule is CC1(C)CC(=O)C=C2CC[C@@H]3[C@H](CC[C@]4(C)[C@H](C#N)CC[C@@H]34)[C@H]21. The van der Waals surface area contributed by atoms with Crippen LogP contribution in [-0.4, -0.2) is 5.78 Å². The maximum Gasteiger partial charge on any atom is 0.156 e. The zero-order valence-electron chi connectivity index (χ0n) is 14.8. The lowest BCUT2D eigenvalue weighted by Gasteiger charge is -2.56. The minimum Gasteiger partial charge on any atom is -0.295 e. The van der Waals surface area contributed by atoms with Crippen molar-refractivity contribution < 1.29 is 4.79 Å². The molecule has 2 heteroatoms. The van der Waals surface area contributed by atoms with Crippen molar-refractivity contribution in [2.45, 2.75) is 65.7 Å². The summed E-state index contributed by atoms with van der Waals surface area (Å²) >= 11 is 0. The Morgan fingerprint density at radius 1 is 1.13 bits per heavy atom. The van der Waals surface area contributed by atoms with Crippen LogP contribution in [0.3, 0.4) is 0 Å². The molecule has 6 atom stereocenters. The molecule has 4 rings (SSSR count). The number of nitrogens with zero attached hydrogens (tertiary/aromatic N) is 1. The van der Waals surface area contributed by atoms with Crippen LogP contribution in [0.25, 0.3) is 0 Å². The summed E-state index contributed by atoms with van der Waals surface area (Å²) in [6, 6.07) is 2.62. The summed E-state index contributed by atoms with van der Waals surface area (Å²) in [6.45, 7) is 7.02. The van der Waals surface area contributed by atoms with Gasteiger partial charge in [0.15, 0.2) is 5.78 Å². The molecule has 0 radical (unpaired) electrons. The van der Waals surface area contributed by atoms with Gasteiger partial charge in [-0.15, -0.1) is 0 Å². The van der Waals surface area contributed by atoms with Crippen LogP contribution in [0.1, 0.15) is 65.7 Å². The third-order valence-electron chi connectivity index (χ3n) is 8.06. The van der Waals surface area contributed by atoms with Gasteiger partial charge in [-0.3, -0.25) is 4.79 Å². The fraction of sp³-hybridized carbons (Fsp3) is 0.810. The summed E-state index contributed by atoms with van der Waals surface area (Å²) in [4.78, 5) is 12.1. The molecule has 0 aromatic heterocycles. The number of nitriles is 1. The summed E-state index contributed by atoms with van der Waals surface area (Å²) in [6.07, 6.45) is 9.90. The van der Waals surface area contributed by atoms with Crippen molar-refractivity contribution in [3.63, 3.8) is 0 Å². The first-order valence-electron chi connectivity index (χ1n) is 9.50. The molecule has 0 bridgehead atoms. The first kappa shape index (κ1) is 15.4. The standard InChI is InChI=1S/C21H29NO/c1-20(2)11-15(23)10-13-4-6-16-17(19(13)20)8-9-21(3)14(12-22)5-7-18(16)21/h10,14,16-19H,4-9,11H2,1-3H3/t14-,16+,17-,18-,19-,21+/m0/s1. The summed E-state index contributed by atoms with van der Waals surface area (Å²) in [5.41, 5.74) is 1.82. The Morgan fingerprint density at radius 2 is 1.91 bits per heavy atom. The highest BCUT2D eigenvalue weighted by Crippen LogP contribution is 2.65. The maximum absolute atomic E-state index is 12.1. The van der Waals surface area contributed by atoms with Crippen molar-refractivity contribution in [3.05, 3.63) is 11.6 Å². The Labute approximate surface area is 140 Å². The quantitative estimate of drug-likeness (QED) is 0.638. The number of ketones is 1. The van der Waals surface area contributed by atoms with E-state index in [1.807, 2.05) is 6.08 Å². The summed E-state index contributed by atoms with van der Waals surface area (Å²) in [5.74, 6) is 3.47. The van der Waals surface area contributed by atoms with Gasteiger partial charge in [-0.1, -0.05) is 26.3 Å². The molecule has 23 heavy (non-hydrogen) atoms. The smallest absolute Gasteiger partial charge is 0.156 e. The van der Waals surface area contributed by atoms with Crippen LogP contribution < -0.4 is 0 Å². The molecule has 3 saturated carbocycles. The molecular formula is C21H29NO. The largest absolute Gasteiger partial charge is 0.295 e. The van der Waals surface area contributed by atoms with E-state index in [1.54, 1.807) is 0 Å². The van der Waals surface area contributed by atoms with Gasteiger partial charge < -0.3 is 0 Å². The molecule has 0 amide bonds. The molecule has 2 nitrogen and oxygen atoms in total. The molecule has 0 saturated heterocycles. The third-order valence-corrected chi connectivity index (χ3v) is 8.06. The zero-order valence-corrected chi connectivity index (χ0v) is 14.8. The van der Waals surface area contributed by atoms with Crippen molar-refractivity contribution in [3.8, 4) is 6.07 Å². The van der Waals surface area contributed by atoms with Crippen molar-refractivity contribution in [2.75, 3.05) is 0 Å². The van der Waals surface area contributed by atoms with Crippen molar-refractivity contribution in [1.29, 1.82) is 5.26 Å². The van der Waals surface area contributed by atoms with Gasteiger partial charge in [-0.05, 0) is 79.1 Å². The van der Waals surface area contributed by atoms with E-state index in [9.17, 15) is 10.1 Å². The number of rotatable bonds is 0. The lowest BCUT2D eigenvalue weighted by Crippen LogP contribution is -2.50. The lowest BCUT2D eigenvalue weighted by molar-refractivity contribution is -0.120. The van der Waals surface area contributed by atoms with Crippen LogP contribution in [0.4, 0.5) is 0 Å². The zero-order chi connectivity index (χ0) is 16.4. The van der Waals surface area contributed by atoms with Crippen LogP contribution in [0, 0.1) is 51.8 Å². The first-order chi connectivity index (χ1) is 10.9. The van der Waals surface area contributed by atoms with E-state index in [4.69, 9.17) is 0 Å². The average molecular weight is 311 g/mol. The van der Waals surface area contributed by atoms with E-state index < -0.39 is 0 Å². The van der Waals surface area contributed by atoms with Crippen LogP contribution in [-0.2, 0) is 4.79 Å². The van der Waals surface area contributed by atoms with Crippen LogP contribution in [0.15, 0.2) is 11.6 Å². The second-order valence-corrected chi connectivity index (χ2v) is 9.61. The van der Waals surface area contributed by atoms with Crippen molar-refractivity contribution in [1.82, 2.24) is 0 Å². The normalized spacial score (nSPS) is 47.8. The van der Waals surface area contributed by atoms with Crippen LogP contribution in [0.2, 0.25) is 0 Å². The number of allylic oxidation sites excluding steroid dienone is 1. The molecule has 0 heterocycles.